The summed E-state index contributed by atoms with van der Waals surface area (Å²) in [5.41, 5.74) is 0. The van der Waals surface area contributed by atoms with E-state index in [0.29, 0.717) is 19.3 Å². The number of carbonyl (C=O) groups is 3. The van der Waals surface area contributed by atoms with Gasteiger partial charge in [-0.3, -0.25) is 14.4 Å². The maximum Gasteiger partial charge on any atom is 0.306 e. The Labute approximate surface area is 433 Å². The van der Waals surface area contributed by atoms with Crippen LogP contribution in [0, 0.1) is 0 Å². The minimum Gasteiger partial charge on any atom is -0.462 e. The Morgan fingerprint density at radius 3 is 0.971 bits per heavy atom. The maximum absolute atomic E-state index is 12.9. The van der Waals surface area contributed by atoms with Crippen molar-refractivity contribution in [3.05, 3.63) is 85.1 Å². The van der Waals surface area contributed by atoms with Gasteiger partial charge >= 0.3 is 17.9 Å². The van der Waals surface area contributed by atoms with Gasteiger partial charge in [-0.05, 0) is 89.9 Å². The zero-order chi connectivity index (χ0) is 50.7. The Kier molecular flexibility index (Phi) is 55.3. The van der Waals surface area contributed by atoms with Gasteiger partial charge in [-0.2, -0.15) is 0 Å². The third kappa shape index (κ3) is 55.5. The van der Waals surface area contributed by atoms with E-state index in [4.69, 9.17) is 14.2 Å². The van der Waals surface area contributed by atoms with Crippen LogP contribution in [-0.2, 0) is 28.6 Å². The topological polar surface area (TPSA) is 78.9 Å². The number of hydrogen-bond donors (Lipinski definition) is 0. The molecule has 70 heavy (non-hydrogen) atoms. The van der Waals surface area contributed by atoms with Crippen molar-refractivity contribution in [2.24, 2.45) is 0 Å². The first-order valence-electron chi connectivity index (χ1n) is 29.6. The second-order valence-electron chi connectivity index (χ2n) is 19.6. The normalized spacial score (nSPS) is 12.7. The van der Waals surface area contributed by atoms with E-state index in [1.54, 1.807) is 0 Å². The summed E-state index contributed by atoms with van der Waals surface area (Å²) >= 11 is 0. The van der Waals surface area contributed by atoms with E-state index in [0.717, 1.165) is 109 Å². The van der Waals surface area contributed by atoms with Crippen molar-refractivity contribution in [1.29, 1.82) is 0 Å². The van der Waals surface area contributed by atoms with Crippen molar-refractivity contribution in [1.82, 2.24) is 0 Å². The zero-order valence-corrected chi connectivity index (χ0v) is 46.0. The lowest BCUT2D eigenvalue weighted by atomic mass is 10.0. The molecule has 6 heteroatoms. The van der Waals surface area contributed by atoms with Crippen molar-refractivity contribution in [3.8, 4) is 0 Å². The van der Waals surface area contributed by atoms with E-state index in [2.05, 4.69) is 106 Å². The molecule has 0 aromatic rings. The van der Waals surface area contributed by atoms with Crippen LogP contribution in [-0.4, -0.2) is 37.2 Å². The van der Waals surface area contributed by atoms with Gasteiger partial charge in [0.05, 0.1) is 0 Å². The highest BCUT2D eigenvalue weighted by atomic mass is 16.6. The first-order chi connectivity index (χ1) is 34.5. The molecule has 0 fully saturated rings. The molecule has 0 aliphatic heterocycles. The molecule has 1 atom stereocenters. The Bertz CT molecular complexity index is 1350. The molecule has 0 heterocycles. The molecule has 0 amide bonds. The van der Waals surface area contributed by atoms with Crippen LogP contribution in [0.15, 0.2) is 85.1 Å². The fourth-order valence-electron chi connectivity index (χ4n) is 8.23. The Hall–Kier alpha value is -3.41. The summed E-state index contributed by atoms with van der Waals surface area (Å²) in [6, 6.07) is 0. The van der Waals surface area contributed by atoms with Gasteiger partial charge in [0.1, 0.15) is 13.2 Å². The molecule has 0 rings (SSSR count). The molecular formula is C64H110O6. The average molecular weight is 976 g/mol. The van der Waals surface area contributed by atoms with Crippen LogP contribution in [0.1, 0.15) is 284 Å². The minimum absolute atomic E-state index is 0.0991. The van der Waals surface area contributed by atoms with Gasteiger partial charge in [0.2, 0.25) is 0 Å². The van der Waals surface area contributed by atoms with Crippen LogP contribution in [0.4, 0.5) is 0 Å². The Balaban J connectivity index is 4.47. The molecule has 0 aliphatic carbocycles. The zero-order valence-electron chi connectivity index (χ0n) is 46.0. The van der Waals surface area contributed by atoms with Crippen LogP contribution >= 0.6 is 0 Å². The third-order valence-corrected chi connectivity index (χ3v) is 12.7. The number of rotatable bonds is 53. The van der Waals surface area contributed by atoms with E-state index >= 15 is 0 Å². The highest BCUT2D eigenvalue weighted by molar-refractivity contribution is 5.71. The van der Waals surface area contributed by atoms with Crippen LogP contribution in [0.25, 0.3) is 0 Å². The number of carbonyl (C=O) groups excluding carboxylic acids is 3. The molecular weight excluding hydrogens is 865 g/mol. The number of esters is 3. The number of allylic oxidation sites excluding steroid dienone is 14. The lowest BCUT2D eigenvalue weighted by Crippen LogP contribution is -2.30. The fourth-order valence-corrected chi connectivity index (χ4v) is 8.23. The molecule has 0 aliphatic rings. The molecule has 0 saturated heterocycles. The van der Waals surface area contributed by atoms with Gasteiger partial charge in [-0.1, -0.05) is 260 Å². The smallest absolute Gasteiger partial charge is 0.306 e. The lowest BCUT2D eigenvalue weighted by molar-refractivity contribution is -0.167. The summed E-state index contributed by atoms with van der Waals surface area (Å²) in [6.07, 6.45) is 75.7. The summed E-state index contributed by atoms with van der Waals surface area (Å²) in [7, 11) is 0. The largest absolute Gasteiger partial charge is 0.462 e. The molecule has 1 unspecified atom stereocenters. The van der Waals surface area contributed by atoms with Crippen molar-refractivity contribution in [2.45, 2.75) is 290 Å². The predicted octanol–water partition coefficient (Wildman–Crippen LogP) is 19.9. The minimum atomic E-state index is -0.800. The van der Waals surface area contributed by atoms with Gasteiger partial charge < -0.3 is 14.2 Å². The number of unbranched alkanes of at least 4 members (excludes halogenated alkanes) is 29. The second kappa shape index (κ2) is 58.2. The van der Waals surface area contributed by atoms with Crippen LogP contribution < -0.4 is 0 Å². The average Bonchev–Trinajstić information content (AvgIpc) is 3.36. The first kappa shape index (κ1) is 66.6. The summed E-state index contributed by atoms with van der Waals surface area (Å²) < 4.78 is 16.8. The van der Waals surface area contributed by atoms with Crippen molar-refractivity contribution < 1.29 is 28.6 Å². The van der Waals surface area contributed by atoms with Crippen LogP contribution in [0.2, 0.25) is 0 Å². The van der Waals surface area contributed by atoms with E-state index in [1.807, 2.05) is 0 Å². The summed E-state index contributed by atoms with van der Waals surface area (Å²) in [5, 5.41) is 0. The van der Waals surface area contributed by atoms with Crippen LogP contribution in [0.3, 0.4) is 0 Å². The highest BCUT2D eigenvalue weighted by Gasteiger charge is 2.19. The first-order valence-corrected chi connectivity index (χ1v) is 29.6. The molecule has 0 spiro atoms. The molecule has 6 nitrogen and oxygen atoms in total. The SMILES string of the molecule is CC/C=C\C/C=C\C/C=C\C/C=C\C/C=C\CCCCCC(=O)OCC(COC(=O)CCCCC/C=C\C=C/CCCCCCCCC)OC(=O)CCCCCCCCCCCCCCCCCCC. The highest BCUT2D eigenvalue weighted by Crippen LogP contribution is 2.16. The molecule has 0 aromatic carbocycles. The molecule has 0 radical (unpaired) electrons. The standard InChI is InChI=1S/C64H110O6/c1-4-7-10-13-16-19-22-25-28-31-32-34-36-39-42-45-48-51-54-57-63(66)69-60-61(59-68-62(65)56-53-50-47-44-41-38-35-30-27-24-21-18-15-12-9-6-3)70-64(67)58-55-52-49-46-43-40-37-33-29-26-23-20-17-14-11-8-5-2/h7,10,16,19,25,28,30,32,34-35,38-39,41-42,61H,4-6,8-9,11-15,17-18,20-24,26-27,29,31,33,36-37,40,43-60H2,1-3H3/b10-7-,19-16-,28-25-,34-32-,35-30-,41-38-,42-39-. The maximum atomic E-state index is 12.9. The Morgan fingerprint density at radius 2 is 0.600 bits per heavy atom. The quantitative estimate of drug-likeness (QED) is 0.0199. The van der Waals surface area contributed by atoms with Gasteiger partial charge in [0.25, 0.3) is 0 Å². The third-order valence-electron chi connectivity index (χ3n) is 12.7. The van der Waals surface area contributed by atoms with Crippen molar-refractivity contribution in [3.63, 3.8) is 0 Å². The van der Waals surface area contributed by atoms with Gasteiger partial charge in [-0.25, -0.2) is 0 Å². The van der Waals surface area contributed by atoms with Crippen molar-refractivity contribution >= 4 is 17.9 Å². The van der Waals surface area contributed by atoms with Gasteiger partial charge in [0, 0.05) is 19.3 Å². The fraction of sp³-hybridized carbons (Fsp3) is 0.734. The Morgan fingerprint density at radius 1 is 0.314 bits per heavy atom. The van der Waals surface area contributed by atoms with Gasteiger partial charge in [-0.15, -0.1) is 0 Å². The van der Waals surface area contributed by atoms with E-state index in [-0.39, 0.29) is 31.1 Å². The summed E-state index contributed by atoms with van der Waals surface area (Å²) in [4.78, 5) is 38.2. The molecule has 0 N–H and O–H groups in total. The number of ether oxygens (including phenoxy) is 3. The lowest BCUT2D eigenvalue weighted by Gasteiger charge is -2.18. The van der Waals surface area contributed by atoms with Gasteiger partial charge in [0.15, 0.2) is 6.10 Å². The van der Waals surface area contributed by atoms with Crippen LogP contribution in [0.5, 0.6) is 0 Å². The van der Waals surface area contributed by atoms with Crippen molar-refractivity contribution in [2.75, 3.05) is 13.2 Å². The predicted molar refractivity (Wildman–Crippen MR) is 302 cm³/mol. The summed E-state index contributed by atoms with van der Waals surface area (Å²) in [5.74, 6) is -0.946. The van der Waals surface area contributed by atoms with E-state index in [1.165, 1.54) is 135 Å². The van der Waals surface area contributed by atoms with E-state index < -0.39 is 6.10 Å². The number of hydrogen-bond acceptors (Lipinski definition) is 6. The van der Waals surface area contributed by atoms with E-state index in [9.17, 15) is 14.4 Å². The molecule has 402 valence electrons. The molecule has 0 bridgehead atoms. The summed E-state index contributed by atoms with van der Waals surface area (Å²) in [6.45, 7) is 6.49. The second-order valence-corrected chi connectivity index (χ2v) is 19.6. The monoisotopic (exact) mass is 975 g/mol. The molecule has 0 aromatic heterocycles. The molecule has 0 saturated carbocycles.